The lowest BCUT2D eigenvalue weighted by molar-refractivity contribution is 0.256. The van der Waals surface area contributed by atoms with E-state index in [1.165, 1.54) is 0 Å². The van der Waals surface area contributed by atoms with E-state index in [0.717, 1.165) is 66.5 Å². The van der Waals surface area contributed by atoms with E-state index in [0.29, 0.717) is 10.4 Å². The third kappa shape index (κ3) is 3.68. The monoisotopic (exact) mass is 379 g/mol. The molecule has 0 spiro atoms. The Morgan fingerprint density at radius 1 is 1.24 bits per heavy atom. The molecule has 2 atom stereocenters. The Labute approximate surface area is 152 Å². The van der Waals surface area contributed by atoms with Crippen molar-refractivity contribution >= 4 is 38.0 Å². The molecule has 3 rings (SSSR count). The minimum Gasteiger partial charge on any atom is -0.588 e. The van der Waals surface area contributed by atoms with Crippen LogP contribution in [0.25, 0.3) is 0 Å². The number of phenols is 1. The molecule has 3 N–H and O–H groups in total. The lowest BCUT2D eigenvalue weighted by atomic mass is 9.97. The number of nitrogens with one attached hydrogen (secondary N) is 2. The van der Waals surface area contributed by atoms with Gasteiger partial charge in [0.2, 0.25) is 0 Å². The first-order valence-corrected chi connectivity index (χ1v) is 10.4. The largest absolute Gasteiger partial charge is 0.588 e. The third-order valence-corrected chi connectivity index (χ3v) is 6.86. The standard InChI is InChI=1S/C17H22N3O3PS/c1-3-18-24-10(2)25(23)20-17(22)19-15-11-6-4-8-13(11)16(21)14-9-5-7-12(14)15/h3,21,24H,2,4-9H2,1H3,(H2,19,20,22). The summed E-state index contributed by atoms with van der Waals surface area (Å²) in [4.78, 5) is 12.3. The average Bonchev–Trinajstić information content (AvgIpc) is 3.25. The molecule has 6 nitrogen and oxygen atoms in total. The fourth-order valence-electron chi connectivity index (χ4n) is 3.54. The summed E-state index contributed by atoms with van der Waals surface area (Å²) in [5.41, 5.74) is 4.76. The number of carbonyl (C=O) groups is 1. The summed E-state index contributed by atoms with van der Waals surface area (Å²) in [6.07, 6.45) is 6.92. The lowest BCUT2D eigenvalue weighted by Crippen LogP contribution is -2.34. The Balaban J connectivity index is 1.77. The Morgan fingerprint density at radius 2 is 1.80 bits per heavy atom. The van der Waals surface area contributed by atoms with E-state index in [2.05, 4.69) is 21.4 Å². The number of aromatic hydroxyl groups is 1. The Bertz CT molecular complexity index is 716. The van der Waals surface area contributed by atoms with Gasteiger partial charge in [0.1, 0.15) is 17.1 Å². The van der Waals surface area contributed by atoms with Gasteiger partial charge in [-0.15, -0.1) is 4.72 Å². The van der Waals surface area contributed by atoms with Crippen LogP contribution in [0.3, 0.4) is 0 Å². The maximum absolute atomic E-state index is 12.3. The van der Waals surface area contributed by atoms with E-state index in [1.807, 2.05) is 0 Å². The molecule has 2 amide bonds. The molecule has 0 heterocycles. The molecule has 0 saturated carbocycles. The minimum atomic E-state index is -1.68. The summed E-state index contributed by atoms with van der Waals surface area (Å²) in [7, 11) is -0.0372. The van der Waals surface area contributed by atoms with Gasteiger partial charge in [-0.25, -0.2) is 4.79 Å². The molecular formula is C17H22N3O3PS. The molecule has 2 aliphatic rings. The van der Waals surface area contributed by atoms with Crippen molar-refractivity contribution in [2.75, 3.05) is 5.32 Å². The van der Waals surface area contributed by atoms with E-state index >= 15 is 0 Å². The van der Waals surface area contributed by atoms with Gasteiger partial charge in [0.25, 0.3) is 0 Å². The van der Waals surface area contributed by atoms with Crippen LogP contribution in [0.4, 0.5) is 10.5 Å². The molecule has 25 heavy (non-hydrogen) atoms. The van der Waals surface area contributed by atoms with Gasteiger partial charge in [0.05, 0.1) is 8.73 Å². The van der Waals surface area contributed by atoms with Gasteiger partial charge in [0.15, 0.2) is 4.65 Å². The molecule has 2 unspecified atom stereocenters. The van der Waals surface area contributed by atoms with Crippen LogP contribution in [0.1, 0.15) is 42.0 Å². The molecule has 0 aliphatic heterocycles. The second-order valence-corrected chi connectivity index (χ2v) is 8.77. The molecule has 2 aliphatic carbocycles. The number of anilines is 1. The average molecular weight is 379 g/mol. The number of phenolic OH excluding ortho intramolecular Hbond substituents is 1. The van der Waals surface area contributed by atoms with Gasteiger partial charge < -0.3 is 15.0 Å². The number of hydrogen-bond donors (Lipinski definition) is 3. The maximum atomic E-state index is 12.3. The van der Waals surface area contributed by atoms with E-state index < -0.39 is 17.4 Å². The minimum absolute atomic E-state index is 0.0372. The molecule has 1 aromatic rings. The number of hydrogen-bond acceptors (Lipinski definition) is 4. The first kappa shape index (κ1) is 18.2. The van der Waals surface area contributed by atoms with E-state index in [1.54, 1.807) is 13.1 Å². The van der Waals surface area contributed by atoms with Crippen molar-refractivity contribution in [3.05, 3.63) is 33.5 Å². The molecule has 0 aromatic heterocycles. The fraction of sp³-hybridized carbons (Fsp3) is 0.412. The number of rotatable bonds is 5. The van der Waals surface area contributed by atoms with Crippen molar-refractivity contribution < 1.29 is 14.5 Å². The summed E-state index contributed by atoms with van der Waals surface area (Å²) < 4.78 is 18.9. The highest BCUT2D eigenvalue weighted by Gasteiger charge is 2.30. The van der Waals surface area contributed by atoms with Crippen molar-refractivity contribution in [3.8, 4) is 5.75 Å². The molecule has 8 heteroatoms. The molecule has 1 aromatic carbocycles. The Morgan fingerprint density at radius 3 is 2.36 bits per heavy atom. The maximum Gasteiger partial charge on any atom is 0.361 e. The van der Waals surface area contributed by atoms with Gasteiger partial charge in [-0.1, -0.05) is 0 Å². The van der Waals surface area contributed by atoms with E-state index in [9.17, 15) is 14.5 Å². The SMILES string of the molecule is C=C(PN=CC)[S+]([O-])NC(=O)Nc1c2c(c(O)c3c1CCC3)CCC2. The fourth-order valence-corrected chi connectivity index (χ4v) is 4.80. The highest BCUT2D eigenvalue weighted by atomic mass is 32.2. The zero-order valence-electron chi connectivity index (χ0n) is 14.1. The Kier molecular flexibility index (Phi) is 5.67. The Hall–Kier alpha value is -1.56. The van der Waals surface area contributed by atoms with Crippen LogP contribution in [0.5, 0.6) is 5.75 Å². The van der Waals surface area contributed by atoms with E-state index in [4.69, 9.17) is 0 Å². The molecule has 0 fully saturated rings. The number of carbonyl (C=O) groups excluding carboxylic acids is 1. The first-order valence-electron chi connectivity index (χ1n) is 8.33. The van der Waals surface area contributed by atoms with Crippen LogP contribution in [-0.4, -0.2) is 21.9 Å². The smallest absolute Gasteiger partial charge is 0.361 e. The van der Waals surface area contributed by atoms with Crippen molar-refractivity contribution in [1.29, 1.82) is 0 Å². The van der Waals surface area contributed by atoms with Crippen LogP contribution in [0, 0.1) is 0 Å². The lowest BCUT2D eigenvalue weighted by Gasteiger charge is -2.18. The number of urea groups is 1. The van der Waals surface area contributed by atoms with Crippen LogP contribution in [0.2, 0.25) is 0 Å². The molecule has 0 saturated heterocycles. The van der Waals surface area contributed by atoms with Gasteiger partial charge in [-0.05, 0) is 74.3 Å². The third-order valence-electron chi connectivity index (χ3n) is 4.58. The van der Waals surface area contributed by atoms with Gasteiger partial charge in [-0.3, -0.25) is 4.76 Å². The van der Waals surface area contributed by atoms with Crippen molar-refractivity contribution in [2.45, 2.75) is 45.4 Å². The van der Waals surface area contributed by atoms with Crippen LogP contribution < -0.4 is 10.0 Å². The second kappa shape index (κ2) is 7.77. The molecule has 0 bridgehead atoms. The normalized spacial score (nSPS) is 17.0. The summed E-state index contributed by atoms with van der Waals surface area (Å²) in [5.74, 6) is 0.418. The summed E-state index contributed by atoms with van der Waals surface area (Å²) >= 11 is -1.68. The molecule has 0 radical (unpaired) electrons. The van der Waals surface area contributed by atoms with Crippen molar-refractivity contribution in [2.24, 2.45) is 4.76 Å². The predicted octanol–water partition coefficient (Wildman–Crippen LogP) is 3.31. The zero-order valence-corrected chi connectivity index (χ0v) is 16.0. The zero-order chi connectivity index (χ0) is 18.0. The van der Waals surface area contributed by atoms with Gasteiger partial charge in [0, 0.05) is 11.9 Å². The van der Waals surface area contributed by atoms with E-state index in [-0.39, 0.29) is 8.73 Å². The number of benzene rings is 1. The van der Waals surface area contributed by atoms with Crippen molar-refractivity contribution in [1.82, 2.24) is 4.72 Å². The molecular weight excluding hydrogens is 357 g/mol. The topological polar surface area (TPSA) is 96.8 Å². The quantitative estimate of drug-likeness (QED) is 0.317. The summed E-state index contributed by atoms with van der Waals surface area (Å²) in [5, 5.41) is 13.4. The highest BCUT2D eigenvalue weighted by molar-refractivity contribution is 8.00. The van der Waals surface area contributed by atoms with Gasteiger partial charge >= 0.3 is 6.03 Å². The number of amides is 2. The highest BCUT2D eigenvalue weighted by Crippen LogP contribution is 2.45. The van der Waals surface area contributed by atoms with Crippen LogP contribution >= 0.6 is 8.73 Å². The van der Waals surface area contributed by atoms with Crippen LogP contribution in [-0.2, 0) is 37.0 Å². The first-order chi connectivity index (χ1) is 12.0. The number of fused-ring (bicyclic) bond motifs is 2. The van der Waals surface area contributed by atoms with Crippen molar-refractivity contribution in [3.63, 3.8) is 0 Å². The van der Waals surface area contributed by atoms with Crippen LogP contribution in [0.15, 0.2) is 16.0 Å². The second-order valence-electron chi connectivity index (χ2n) is 6.09. The molecule has 134 valence electrons. The predicted molar refractivity (Wildman–Crippen MR) is 104 cm³/mol. The van der Waals surface area contributed by atoms with Gasteiger partial charge in [-0.2, -0.15) is 0 Å². The number of nitrogens with zero attached hydrogens (tertiary/aromatic N) is 1. The summed E-state index contributed by atoms with van der Waals surface area (Å²) in [6.45, 7) is 5.48. The summed E-state index contributed by atoms with van der Waals surface area (Å²) in [6, 6.07) is -0.515.